The van der Waals surface area contributed by atoms with Crippen molar-refractivity contribution in [1.29, 1.82) is 0 Å². The second kappa shape index (κ2) is 15.8. The van der Waals surface area contributed by atoms with E-state index in [-0.39, 0.29) is 0 Å². The fourth-order valence-corrected chi connectivity index (χ4v) is 14.5. The molecule has 4 aliphatic rings. The Morgan fingerprint density at radius 1 is 0.359 bits per heavy atom. The fourth-order valence-electron chi connectivity index (χ4n) is 14.5. The lowest BCUT2D eigenvalue weighted by Crippen LogP contribution is -2.11. The second-order valence-corrected chi connectivity index (χ2v) is 21.6. The molecule has 364 valence electrons. The highest BCUT2D eigenvalue weighted by molar-refractivity contribution is 6.22. The van der Waals surface area contributed by atoms with Gasteiger partial charge in [-0.1, -0.05) is 176 Å². The van der Waals surface area contributed by atoms with Crippen molar-refractivity contribution in [2.75, 3.05) is 0 Å². The predicted molar refractivity (Wildman–Crippen MR) is 325 cm³/mol. The molecule has 0 radical (unpaired) electrons. The highest BCUT2D eigenvalue weighted by Crippen LogP contribution is 2.56. The molecule has 4 heterocycles. The van der Waals surface area contributed by atoms with E-state index in [1.165, 1.54) is 132 Å². The third-order valence-corrected chi connectivity index (χ3v) is 17.7. The van der Waals surface area contributed by atoms with E-state index in [0.29, 0.717) is 0 Å². The number of allylic oxidation sites excluding steroid dienone is 4. The summed E-state index contributed by atoms with van der Waals surface area (Å²) in [5.74, 6) is 3.52. The number of fused-ring (bicyclic) bond motifs is 13. The Hall–Kier alpha value is -9.90. The van der Waals surface area contributed by atoms with Gasteiger partial charge in [-0.15, -0.1) is 0 Å². The van der Waals surface area contributed by atoms with Crippen LogP contribution in [-0.2, 0) is 6.42 Å². The minimum Gasteiger partial charge on any atom is -0.456 e. The fraction of sp³-hybridized carbons (Fsp3) is 0.0541. The molecule has 2 aliphatic carbocycles. The van der Waals surface area contributed by atoms with Gasteiger partial charge in [-0.05, 0) is 141 Å². The maximum Gasteiger partial charge on any atom is 0.136 e. The van der Waals surface area contributed by atoms with E-state index in [2.05, 4.69) is 240 Å². The van der Waals surface area contributed by atoms with Crippen LogP contribution in [-0.4, -0.2) is 9.13 Å². The molecule has 12 aromatic carbocycles. The number of aryl methyl sites for hydroxylation is 1. The monoisotopic (exact) mass is 994 g/mol. The van der Waals surface area contributed by atoms with Gasteiger partial charge in [-0.2, -0.15) is 0 Å². The van der Waals surface area contributed by atoms with Gasteiger partial charge in [0.25, 0.3) is 0 Å². The maximum atomic E-state index is 7.12. The molecule has 0 bridgehead atoms. The van der Waals surface area contributed by atoms with Crippen LogP contribution >= 0.6 is 0 Å². The number of benzene rings is 12. The summed E-state index contributed by atoms with van der Waals surface area (Å²) in [6.45, 7) is 0. The van der Waals surface area contributed by atoms with Gasteiger partial charge in [0.1, 0.15) is 23.0 Å². The molecular weight excluding hydrogens is 949 g/mol. The van der Waals surface area contributed by atoms with Gasteiger partial charge >= 0.3 is 0 Å². The average molecular weight is 995 g/mol. The third-order valence-electron chi connectivity index (χ3n) is 17.7. The molecule has 4 nitrogen and oxygen atoms in total. The first-order chi connectivity index (χ1) is 38.7. The molecule has 0 N–H and O–H groups in total. The second-order valence-electron chi connectivity index (χ2n) is 21.6. The molecule has 2 aliphatic heterocycles. The van der Waals surface area contributed by atoms with Crippen LogP contribution in [0.5, 0.6) is 17.2 Å². The van der Waals surface area contributed by atoms with Crippen LogP contribution in [0, 0.1) is 0 Å². The first kappa shape index (κ1) is 42.3. The van der Waals surface area contributed by atoms with Gasteiger partial charge in [0.2, 0.25) is 0 Å². The van der Waals surface area contributed by atoms with Crippen molar-refractivity contribution in [2.45, 2.75) is 25.7 Å². The molecule has 0 amide bonds. The Labute approximate surface area is 449 Å². The van der Waals surface area contributed by atoms with E-state index in [1.54, 1.807) is 0 Å². The zero-order valence-corrected chi connectivity index (χ0v) is 42.5. The van der Waals surface area contributed by atoms with Crippen molar-refractivity contribution in [2.24, 2.45) is 0 Å². The van der Waals surface area contributed by atoms with Gasteiger partial charge in [-0.25, -0.2) is 0 Å². The summed E-state index contributed by atoms with van der Waals surface area (Å²) in [5, 5.41) is 15.9. The zero-order valence-electron chi connectivity index (χ0n) is 42.5. The normalized spacial score (nSPS) is 14.4. The number of nitrogens with zero attached hydrogens (tertiary/aromatic N) is 2. The molecule has 0 saturated carbocycles. The Morgan fingerprint density at radius 3 is 1.47 bits per heavy atom. The highest BCUT2D eigenvalue weighted by Gasteiger charge is 2.32. The number of ether oxygens (including phenoxy) is 2. The molecule has 0 saturated heterocycles. The summed E-state index contributed by atoms with van der Waals surface area (Å²) in [4.78, 5) is 0. The Balaban J connectivity index is 0.766. The SMILES string of the molecule is C1=Cc2c(c3ccccc3n2-c2c3ccccc3c(C3=CC4=C(CC3)c3ccc5c6c(ccc(c36)O4)Oc3cc(-c4c6ccccc6c(-n6c7ccccc7c7ccccc76)c6ccccc46)ccc3-5)c3ccccc23)CC1. The number of rotatable bonds is 4. The van der Waals surface area contributed by atoms with Crippen molar-refractivity contribution in [1.82, 2.24) is 9.13 Å². The lowest BCUT2D eigenvalue weighted by Gasteiger charge is -2.30. The first-order valence-corrected chi connectivity index (χ1v) is 27.4. The van der Waals surface area contributed by atoms with E-state index in [0.717, 1.165) is 70.6 Å². The third kappa shape index (κ3) is 5.68. The average Bonchev–Trinajstić information content (AvgIpc) is 4.17. The number of aromatic nitrogens is 2. The van der Waals surface area contributed by atoms with Gasteiger partial charge in [0.05, 0.1) is 27.9 Å². The van der Waals surface area contributed by atoms with E-state index < -0.39 is 0 Å². The van der Waals surface area contributed by atoms with Crippen LogP contribution in [0.25, 0.3) is 137 Å². The molecule has 0 fully saturated rings. The van der Waals surface area contributed by atoms with Crippen LogP contribution in [0.3, 0.4) is 0 Å². The van der Waals surface area contributed by atoms with Crippen LogP contribution < -0.4 is 9.47 Å². The predicted octanol–water partition coefficient (Wildman–Crippen LogP) is 19.9. The minimum atomic E-state index is 0.858. The molecule has 0 atom stereocenters. The number of para-hydroxylation sites is 3. The van der Waals surface area contributed by atoms with Crippen molar-refractivity contribution >= 4 is 104 Å². The molecule has 18 rings (SSSR count). The lowest BCUT2D eigenvalue weighted by atomic mass is 9.81. The summed E-state index contributed by atoms with van der Waals surface area (Å²) in [6, 6.07) is 78.2. The first-order valence-electron chi connectivity index (χ1n) is 27.4. The van der Waals surface area contributed by atoms with E-state index in [9.17, 15) is 0 Å². The van der Waals surface area contributed by atoms with Gasteiger partial charge in [0, 0.05) is 65.3 Å². The van der Waals surface area contributed by atoms with Crippen LogP contribution in [0.2, 0.25) is 0 Å². The smallest absolute Gasteiger partial charge is 0.136 e. The minimum absolute atomic E-state index is 0.858. The summed E-state index contributed by atoms with van der Waals surface area (Å²) in [6.07, 6.45) is 10.9. The number of hydrogen-bond acceptors (Lipinski definition) is 2. The van der Waals surface area contributed by atoms with E-state index in [1.807, 2.05) is 0 Å². The topological polar surface area (TPSA) is 28.3 Å². The van der Waals surface area contributed by atoms with E-state index in [4.69, 9.17) is 9.47 Å². The van der Waals surface area contributed by atoms with Crippen molar-refractivity contribution in [3.05, 3.63) is 253 Å². The molecule has 14 aromatic rings. The Bertz CT molecular complexity index is 4990. The molecule has 4 heteroatoms. The number of hydrogen-bond donors (Lipinski definition) is 0. The maximum absolute atomic E-state index is 7.12. The summed E-state index contributed by atoms with van der Waals surface area (Å²) in [5.41, 5.74) is 18.5. The zero-order chi connectivity index (χ0) is 50.7. The van der Waals surface area contributed by atoms with Crippen LogP contribution in [0.1, 0.15) is 41.6 Å². The largest absolute Gasteiger partial charge is 0.456 e. The summed E-state index contributed by atoms with van der Waals surface area (Å²) < 4.78 is 19.2. The summed E-state index contributed by atoms with van der Waals surface area (Å²) >= 11 is 0. The van der Waals surface area contributed by atoms with Crippen molar-refractivity contribution in [3.63, 3.8) is 0 Å². The van der Waals surface area contributed by atoms with E-state index >= 15 is 0 Å². The van der Waals surface area contributed by atoms with Gasteiger partial charge in [-0.3, -0.25) is 0 Å². The van der Waals surface area contributed by atoms with Crippen molar-refractivity contribution in [3.8, 4) is 50.9 Å². The summed E-state index contributed by atoms with van der Waals surface area (Å²) in [7, 11) is 0. The highest BCUT2D eigenvalue weighted by atomic mass is 16.5. The van der Waals surface area contributed by atoms with Gasteiger partial charge < -0.3 is 18.6 Å². The molecule has 0 unspecified atom stereocenters. The Kier molecular flexibility index (Phi) is 8.59. The van der Waals surface area contributed by atoms with Crippen LogP contribution in [0.4, 0.5) is 0 Å². The standard InChI is InChI=1S/C74H46N2O2/c1-5-25-57-51(21-1)69(52-22-2-6-26-58(52)73(57)75-61-29-13-9-17-45(61)46-18-10-14-30-62(46)75)43-33-35-49-55-37-38-56-50-36-34-44(42-68(50)78-66-40-39-65(71(55)72(56)66)77-67(49)41-43)70-53-23-3-7-27-59(53)74(60-28-8-4-24-54(60)70)76-63-31-15-11-19-47(63)48-20-12-16-32-64(48)76/h1-11,13-19,21-33,35,37-42H,12,20,34,36H2. The van der Waals surface area contributed by atoms with Crippen molar-refractivity contribution < 1.29 is 9.47 Å². The molecule has 78 heavy (non-hydrogen) atoms. The van der Waals surface area contributed by atoms with Crippen LogP contribution in [0.15, 0.2) is 230 Å². The Morgan fingerprint density at radius 2 is 0.846 bits per heavy atom. The molecule has 2 aromatic heterocycles. The molecule has 0 spiro atoms. The van der Waals surface area contributed by atoms with Gasteiger partial charge in [0.15, 0.2) is 0 Å². The molecular formula is C74H46N2O2. The quantitative estimate of drug-likeness (QED) is 0.164. The lowest BCUT2D eigenvalue weighted by molar-refractivity contribution is 0.442.